The number of nitrogens with zero attached hydrogens (tertiary/aromatic N) is 2. The molecule has 2 heterocycles. The molecule has 7 heteroatoms. The molecule has 3 fully saturated rings. The van der Waals surface area contributed by atoms with Crippen LogP contribution in [0.4, 0.5) is 0 Å². The van der Waals surface area contributed by atoms with Crippen LogP contribution in [0.3, 0.4) is 0 Å². The van der Waals surface area contributed by atoms with Gasteiger partial charge in [-0.15, -0.1) is 0 Å². The predicted molar refractivity (Wildman–Crippen MR) is 87.8 cm³/mol. The molecular formula is C14H27N3O2S2. The molecule has 3 rings (SSSR count). The van der Waals surface area contributed by atoms with E-state index in [2.05, 4.69) is 12.2 Å². The Kier molecular flexibility index (Phi) is 5.15. The van der Waals surface area contributed by atoms with Crippen LogP contribution < -0.4 is 5.32 Å². The smallest absolute Gasteiger partial charge is 0.282 e. The maximum atomic E-state index is 13.0. The summed E-state index contributed by atoms with van der Waals surface area (Å²) in [5.74, 6) is 0.916. The third kappa shape index (κ3) is 3.93. The van der Waals surface area contributed by atoms with Crippen LogP contribution in [-0.2, 0) is 10.2 Å². The van der Waals surface area contributed by atoms with E-state index in [9.17, 15) is 8.42 Å². The fraction of sp³-hybridized carbons (Fsp3) is 1.00. The van der Waals surface area contributed by atoms with Gasteiger partial charge in [0.05, 0.1) is 0 Å². The predicted octanol–water partition coefficient (Wildman–Crippen LogP) is 1.28. The summed E-state index contributed by atoms with van der Waals surface area (Å²) in [6, 6.07) is 0.789. The van der Waals surface area contributed by atoms with Crippen molar-refractivity contribution >= 4 is 22.0 Å². The minimum atomic E-state index is -3.28. The molecule has 0 aromatic rings. The van der Waals surface area contributed by atoms with Crippen molar-refractivity contribution in [2.24, 2.45) is 0 Å². The Bertz CT molecular complexity index is 453. The quantitative estimate of drug-likeness (QED) is 0.823. The van der Waals surface area contributed by atoms with E-state index in [1.54, 1.807) is 8.61 Å². The SMILES string of the molecule is CC1CN(S(=O)(=O)N2CCCCC2CNC2CC2)CCS1. The number of hydrogen-bond acceptors (Lipinski definition) is 4. The van der Waals surface area contributed by atoms with E-state index in [0.717, 1.165) is 31.6 Å². The Morgan fingerprint density at radius 2 is 2.00 bits per heavy atom. The fourth-order valence-electron chi connectivity index (χ4n) is 3.22. The van der Waals surface area contributed by atoms with E-state index < -0.39 is 10.2 Å². The summed E-state index contributed by atoms with van der Waals surface area (Å²) in [6.45, 7) is 4.96. The Labute approximate surface area is 133 Å². The highest BCUT2D eigenvalue weighted by atomic mass is 32.2. The van der Waals surface area contributed by atoms with Gasteiger partial charge in [0, 0.05) is 49.3 Å². The Morgan fingerprint density at radius 3 is 2.71 bits per heavy atom. The van der Waals surface area contributed by atoms with E-state index in [1.165, 1.54) is 12.8 Å². The second kappa shape index (κ2) is 6.74. The van der Waals surface area contributed by atoms with Crippen LogP contribution >= 0.6 is 11.8 Å². The molecule has 0 aromatic heterocycles. The van der Waals surface area contributed by atoms with Gasteiger partial charge < -0.3 is 5.32 Å². The maximum absolute atomic E-state index is 13.0. The molecule has 1 N–H and O–H groups in total. The molecule has 0 amide bonds. The lowest BCUT2D eigenvalue weighted by Gasteiger charge is -2.40. The molecule has 0 radical (unpaired) electrons. The number of hydrogen-bond donors (Lipinski definition) is 1. The number of thioether (sulfide) groups is 1. The van der Waals surface area contributed by atoms with Gasteiger partial charge >= 0.3 is 0 Å². The fourth-order valence-corrected chi connectivity index (χ4v) is 6.39. The van der Waals surface area contributed by atoms with Gasteiger partial charge in [-0.25, -0.2) is 0 Å². The minimum absolute atomic E-state index is 0.147. The summed E-state index contributed by atoms with van der Waals surface area (Å²) < 4.78 is 29.4. The highest BCUT2D eigenvalue weighted by molar-refractivity contribution is 8.00. The van der Waals surface area contributed by atoms with Gasteiger partial charge in [-0.05, 0) is 25.7 Å². The minimum Gasteiger partial charge on any atom is -0.312 e. The summed E-state index contributed by atoms with van der Waals surface area (Å²) >= 11 is 1.87. The monoisotopic (exact) mass is 333 g/mol. The number of piperidine rings is 1. The first-order valence-electron chi connectivity index (χ1n) is 8.19. The average Bonchev–Trinajstić information content (AvgIpc) is 3.29. The van der Waals surface area contributed by atoms with E-state index in [0.29, 0.717) is 30.9 Å². The van der Waals surface area contributed by atoms with Crippen LogP contribution in [-0.4, -0.2) is 66.3 Å². The molecule has 2 aliphatic heterocycles. The lowest BCUT2D eigenvalue weighted by Crippen LogP contribution is -2.55. The highest BCUT2D eigenvalue weighted by Crippen LogP contribution is 2.27. The molecule has 2 unspecified atom stereocenters. The average molecular weight is 334 g/mol. The zero-order chi connectivity index (χ0) is 14.9. The van der Waals surface area contributed by atoms with Crippen molar-refractivity contribution in [2.45, 2.75) is 56.4 Å². The molecule has 0 bridgehead atoms. The van der Waals surface area contributed by atoms with Crippen LogP contribution in [0.2, 0.25) is 0 Å². The van der Waals surface area contributed by atoms with Gasteiger partial charge in [-0.1, -0.05) is 13.3 Å². The van der Waals surface area contributed by atoms with Crippen molar-refractivity contribution in [3.8, 4) is 0 Å². The standard InChI is InChI=1S/C14H27N3O2S2/c1-12-11-16(8-9-20-12)21(18,19)17-7-3-2-4-14(17)10-15-13-5-6-13/h12-15H,2-11H2,1H3. The zero-order valence-corrected chi connectivity index (χ0v) is 14.5. The second-order valence-corrected chi connectivity index (χ2v) is 9.92. The van der Waals surface area contributed by atoms with E-state index in [4.69, 9.17) is 0 Å². The molecule has 122 valence electrons. The largest absolute Gasteiger partial charge is 0.312 e. The van der Waals surface area contributed by atoms with E-state index in [-0.39, 0.29) is 6.04 Å². The first-order valence-corrected chi connectivity index (χ1v) is 10.6. The lowest BCUT2D eigenvalue weighted by molar-refractivity contribution is 0.226. The van der Waals surface area contributed by atoms with Gasteiger partial charge in [0.1, 0.15) is 0 Å². The molecule has 21 heavy (non-hydrogen) atoms. The second-order valence-electron chi connectivity index (χ2n) is 6.49. The Morgan fingerprint density at radius 1 is 1.19 bits per heavy atom. The molecule has 0 spiro atoms. The van der Waals surface area contributed by atoms with Gasteiger partial charge in [0.2, 0.25) is 0 Å². The molecule has 1 saturated carbocycles. The summed E-state index contributed by atoms with van der Waals surface area (Å²) in [5.41, 5.74) is 0. The van der Waals surface area contributed by atoms with Crippen LogP contribution in [0.1, 0.15) is 39.0 Å². The topological polar surface area (TPSA) is 52.7 Å². The maximum Gasteiger partial charge on any atom is 0.282 e. The summed E-state index contributed by atoms with van der Waals surface area (Å²) in [6.07, 6.45) is 5.64. The van der Waals surface area contributed by atoms with Gasteiger partial charge in [0.15, 0.2) is 0 Å². The van der Waals surface area contributed by atoms with Crippen molar-refractivity contribution in [1.82, 2.24) is 13.9 Å². The Hall–Kier alpha value is 0.180. The third-order valence-corrected chi connectivity index (χ3v) is 7.81. The molecule has 2 atom stereocenters. The van der Waals surface area contributed by atoms with Crippen molar-refractivity contribution in [2.75, 3.05) is 31.9 Å². The number of nitrogens with one attached hydrogen (secondary N) is 1. The van der Waals surface area contributed by atoms with Crippen molar-refractivity contribution in [3.05, 3.63) is 0 Å². The van der Waals surface area contributed by atoms with Gasteiger partial charge in [-0.2, -0.15) is 28.8 Å². The number of rotatable bonds is 5. The van der Waals surface area contributed by atoms with Crippen LogP contribution in [0.25, 0.3) is 0 Å². The molecule has 2 saturated heterocycles. The lowest BCUT2D eigenvalue weighted by atomic mass is 10.1. The van der Waals surface area contributed by atoms with E-state index in [1.807, 2.05) is 11.8 Å². The zero-order valence-electron chi connectivity index (χ0n) is 12.8. The molecule has 5 nitrogen and oxygen atoms in total. The van der Waals surface area contributed by atoms with Crippen LogP contribution in [0, 0.1) is 0 Å². The molecule has 1 aliphatic carbocycles. The van der Waals surface area contributed by atoms with Gasteiger partial charge in [0.25, 0.3) is 10.2 Å². The van der Waals surface area contributed by atoms with Crippen LogP contribution in [0.5, 0.6) is 0 Å². The molecule has 0 aromatic carbocycles. The normalized spacial score (nSPS) is 33.2. The van der Waals surface area contributed by atoms with Gasteiger partial charge in [-0.3, -0.25) is 0 Å². The summed E-state index contributed by atoms with van der Waals surface area (Å²) in [4.78, 5) is 0. The van der Waals surface area contributed by atoms with Crippen molar-refractivity contribution in [3.63, 3.8) is 0 Å². The van der Waals surface area contributed by atoms with E-state index >= 15 is 0 Å². The highest BCUT2D eigenvalue weighted by Gasteiger charge is 2.38. The Balaban J connectivity index is 1.67. The summed E-state index contributed by atoms with van der Waals surface area (Å²) in [7, 11) is -3.28. The third-order valence-electron chi connectivity index (χ3n) is 4.62. The van der Waals surface area contributed by atoms with Crippen molar-refractivity contribution in [1.29, 1.82) is 0 Å². The molecular weight excluding hydrogens is 306 g/mol. The van der Waals surface area contributed by atoms with Crippen LogP contribution in [0.15, 0.2) is 0 Å². The van der Waals surface area contributed by atoms with Crippen molar-refractivity contribution < 1.29 is 8.42 Å². The first-order chi connectivity index (χ1) is 10.1. The molecule has 3 aliphatic rings. The summed E-state index contributed by atoms with van der Waals surface area (Å²) in [5, 5.41) is 3.92. The first kappa shape index (κ1) is 16.1.